The molecule has 2 aromatic rings. The first-order valence-electron chi connectivity index (χ1n) is 21.2. The molecule has 282 valence electrons. The maximum absolute atomic E-state index is 6.19. The third-order valence-electron chi connectivity index (χ3n) is 12.0. The minimum absolute atomic E-state index is 0.00507. The summed E-state index contributed by atoms with van der Waals surface area (Å²) in [6, 6.07) is 16.9. The zero-order valence-electron chi connectivity index (χ0n) is 32.7. The van der Waals surface area contributed by atoms with E-state index >= 15 is 0 Å². The Kier molecular flexibility index (Phi) is 19.8. The van der Waals surface area contributed by atoms with Gasteiger partial charge in [0.05, 0.1) is 38.6 Å². The summed E-state index contributed by atoms with van der Waals surface area (Å²) in [6.45, 7) is 11.6. The van der Waals surface area contributed by atoms with Crippen LogP contribution in [0.25, 0.3) is 0 Å². The first-order chi connectivity index (χ1) is 24.6. The standard InChI is InChI=1S/C46H74O4/c1-5-7-9-17-41-19-11-13-21-43(41)23-15-33-47-45-29-25-39(26-30-45)35-49-37(3)38(4)50-36-40-27-31-46(32-28-40)48-34-16-24-44-22-14-12-20-42(44)18-10-8-6-2/h25-32,37-38,41-44H,5-24,33-36H2,1-4H3/t37-,38-,41?,42?,43?,44?/m1/s1. The van der Waals surface area contributed by atoms with Gasteiger partial charge in [-0.3, -0.25) is 0 Å². The van der Waals surface area contributed by atoms with Crippen molar-refractivity contribution in [3.8, 4) is 11.5 Å². The summed E-state index contributed by atoms with van der Waals surface area (Å²) in [7, 11) is 0. The van der Waals surface area contributed by atoms with Gasteiger partial charge in [-0.1, -0.05) is 141 Å². The lowest BCUT2D eigenvalue weighted by Crippen LogP contribution is -2.26. The molecule has 4 unspecified atom stereocenters. The SMILES string of the molecule is CCCCCC1CCCCC1CCCOc1ccc(CO[C@H](C)[C@@H](C)OCc2ccc(OCCCC3CCCCC3CCCCC)cc2)cc1. The molecule has 2 aliphatic rings. The van der Waals surface area contributed by atoms with Crippen molar-refractivity contribution in [2.24, 2.45) is 23.7 Å². The van der Waals surface area contributed by atoms with Crippen LogP contribution in [0.15, 0.2) is 48.5 Å². The van der Waals surface area contributed by atoms with Crippen LogP contribution >= 0.6 is 0 Å². The van der Waals surface area contributed by atoms with Crippen molar-refractivity contribution < 1.29 is 18.9 Å². The summed E-state index contributed by atoms with van der Waals surface area (Å²) in [4.78, 5) is 0. The fourth-order valence-electron chi connectivity index (χ4n) is 8.56. The Morgan fingerprint density at radius 3 is 1.16 bits per heavy atom. The molecule has 50 heavy (non-hydrogen) atoms. The Balaban J connectivity index is 1.05. The molecule has 2 fully saturated rings. The summed E-state index contributed by atoms with van der Waals surface area (Å²) in [5.41, 5.74) is 2.32. The normalized spacial score (nSPS) is 22.2. The highest BCUT2D eigenvalue weighted by Crippen LogP contribution is 2.37. The molecule has 0 spiro atoms. The summed E-state index contributed by atoms with van der Waals surface area (Å²) >= 11 is 0. The second-order valence-electron chi connectivity index (χ2n) is 15.9. The van der Waals surface area contributed by atoms with Crippen LogP contribution in [0.4, 0.5) is 0 Å². The predicted molar refractivity (Wildman–Crippen MR) is 210 cm³/mol. The molecular formula is C46H74O4. The number of rotatable bonds is 25. The van der Waals surface area contributed by atoms with E-state index < -0.39 is 0 Å². The minimum atomic E-state index is -0.00507. The summed E-state index contributed by atoms with van der Waals surface area (Å²) in [5, 5.41) is 0. The largest absolute Gasteiger partial charge is 0.494 e. The monoisotopic (exact) mass is 691 g/mol. The van der Waals surface area contributed by atoms with Crippen LogP contribution in [-0.4, -0.2) is 25.4 Å². The molecule has 4 nitrogen and oxygen atoms in total. The Morgan fingerprint density at radius 2 is 0.820 bits per heavy atom. The van der Waals surface area contributed by atoms with E-state index in [2.05, 4.69) is 76.2 Å². The van der Waals surface area contributed by atoms with Gasteiger partial charge in [0.2, 0.25) is 0 Å². The lowest BCUT2D eigenvalue weighted by molar-refractivity contribution is -0.0687. The molecule has 0 heterocycles. The number of unbranched alkanes of at least 4 members (excludes halogenated alkanes) is 4. The second kappa shape index (κ2) is 24.2. The smallest absolute Gasteiger partial charge is 0.119 e. The van der Waals surface area contributed by atoms with Crippen LogP contribution < -0.4 is 9.47 Å². The first kappa shape index (κ1) is 40.7. The predicted octanol–water partition coefficient (Wildman–Crippen LogP) is 13.3. The van der Waals surface area contributed by atoms with Gasteiger partial charge in [-0.15, -0.1) is 0 Å². The van der Waals surface area contributed by atoms with Crippen LogP contribution in [0.3, 0.4) is 0 Å². The number of benzene rings is 2. The van der Waals surface area contributed by atoms with Crippen molar-refractivity contribution >= 4 is 0 Å². The molecule has 0 amide bonds. The maximum atomic E-state index is 6.19. The van der Waals surface area contributed by atoms with Crippen molar-refractivity contribution in [2.45, 2.75) is 182 Å². The van der Waals surface area contributed by atoms with Crippen molar-refractivity contribution in [3.05, 3.63) is 59.7 Å². The molecule has 6 atom stereocenters. The molecule has 0 bridgehead atoms. The zero-order chi connectivity index (χ0) is 35.2. The fourth-order valence-corrected chi connectivity index (χ4v) is 8.56. The van der Waals surface area contributed by atoms with Gasteiger partial charge in [0.1, 0.15) is 11.5 Å². The molecule has 0 saturated heterocycles. The van der Waals surface area contributed by atoms with Crippen LogP contribution in [0, 0.1) is 23.7 Å². The van der Waals surface area contributed by atoms with Crippen LogP contribution in [0.2, 0.25) is 0 Å². The Labute approximate surface area is 307 Å². The van der Waals surface area contributed by atoms with E-state index in [0.29, 0.717) is 13.2 Å². The Morgan fingerprint density at radius 1 is 0.480 bits per heavy atom. The van der Waals surface area contributed by atoms with Gasteiger partial charge in [-0.05, 0) is 98.6 Å². The van der Waals surface area contributed by atoms with Crippen molar-refractivity contribution in [2.75, 3.05) is 13.2 Å². The molecule has 0 radical (unpaired) electrons. The highest BCUT2D eigenvalue weighted by Gasteiger charge is 2.25. The zero-order valence-corrected chi connectivity index (χ0v) is 32.7. The van der Waals surface area contributed by atoms with Crippen molar-refractivity contribution in [1.29, 1.82) is 0 Å². The quantitative estimate of drug-likeness (QED) is 0.0972. The van der Waals surface area contributed by atoms with E-state index in [1.165, 1.54) is 116 Å². The van der Waals surface area contributed by atoms with Gasteiger partial charge < -0.3 is 18.9 Å². The molecule has 0 N–H and O–H groups in total. The van der Waals surface area contributed by atoms with Crippen LogP contribution in [0.5, 0.6) is 11.5 Å². The molecule has 2 saturated carbocycles. The van der Waals surface area contributed by atoms with E-state index in [9.17, 15) is 0 Å². The van der Waals surface area contributed by atoms with E-state index in [4.69, 9.17) is 18.9 Å². The van der Waals surface area contributed by atoms with Crippen molar-refractivity contribution in [1.82, 2.24) is 0 Å². The van der Waals surface area contributed by atoms with Gasteiger partial charge in [-0.2, -0.15) is 0 Å². The maximum Gasteiger partial charge on any atom is 0.119 e. The number of hydrogen-bond donors (Lipinski definition) is 0. The molecule has 2 aromatic carbocycles. The lowest BCUT2D eigenvalue weighted by atomic mass is 9.74. The van der Waals surface area contributed by atoms with Crippen LogP contribution in [0.1, 0.15) is 167 Å². The third kappa shape index (κ3) is 15.3. The number of ether oxygens (including phenoxy) is 4. The summed E-state index contributed by atoms with van der Waals surface area (Å²) in [6.07, 6.45) is 27.6. The summed E-state index contributed by atoms with van der Waals surface area (Å²) < 4.78 is 24.6. The number of hydrogen-bond acceptors (Lipinski definition) is 4. The van der Waals surface area contributed by atoms with Gasteiger partial charge >= 0.3 is 0 Å². The molecule has 0 aromatic heterocycles. The highest BCUT2D eigenvalue weighted by molar-refractivity contribution is 5.27. The molecule has 0 aliphatic heterocycles. The molecular weight excluding hydrogens is 617 g/mol. The topological polar surface area (TPSA) is 36.9 Å². The second-order valence-corrected chi connectivity index (χ2v) is 15.9. The molecule has 4 rings (SSSR count). The Hall–Kier alpha value is -2.04. The van der Waals surface area contributed by atoms with E-state index in [-0.39, 0.29) is 12.2 Å². The highest BCUT2D eigenvalue weighted by atomic mass is 16.5. The molecule has 2 aliphatic carbocycles. The first-order valence-corrected chi connectivity index (χ1v) is 21.2. The van der Waals surface area contributed by atoms with Gasteiger partial charge in [0.25, 0.3) is 0 Å². The minimum Gasteiger partial charge on any atom is -0.494 e. The third-order valence-corrected chi connectivity index (χ3v) is 12.0. The van der Waals surface area contributed by atoms with Gasteiger partial charge in [0, 0.05) is 0 Å². The van der Waals surface area contributed by atoms with E-state index in [1.54, 1.807) is 0 Å². The van der Waals surface area contributed by atoms with E-state index in [0.717, 1.165) is 72.4 Å². The fraction of sp³-hybridized carbons (Fsp3) is 0.739. The Bertz CT molecular complexity index is 1020. The van der Waals surface area contributed by atoms with E-state index in [1.807, 2.05) is 0 Å². The van der Waals surface area contributed by atoms with Crippen LogP contribution in [-0.2, 0) is 22.7 Å². The van der Waals surface area contributed by atoms with Gasteiger partial charge in [0.15, 0.2) is 0 Å². The molecule has 4 heteroatoms. The lowest BCUT2D eigenvalue weighted by Gasteiger charge is -2.31. The average molecular weight is 691 g/mol. The summed E-state index contributed by atoms with van der Waals surface area (Å²) in [5.74, 6) is 5.66. The van der Waals surface area contributed by atoms with Gasteiger partial charge in [-0.25, -0.2) is 0 Å². The van der Waals surface area contributed by atoms with Crippen molar-refractivity contribution in [3.63, 3.8) is 0 Å². The average Bonchev–Trinajstić information content (AvgIpc) is 3.15.